The van der Waals surface area contributed by atoms with Crippen LogP contribution in [0.3, 0.4) is 0 Å². The van der Waals surface area contributed by atoms with E-state index >= 15 is 0 Å². The fourth-order valence-electron chi connectivity index (χ4n) is 2.76. The van der Waals surface area contributed by atoms with Gasteiger partial charge in [-0.25, -0.2) is 0 Å². The minimum absolute atomic E-state index is 0.263. The van der Waals surface area contributed by atoms with Crippen molar-refractivity contribution in [1.82, 2.24) is 4.57 Å². The summed E-state index contributed by atoms with van der Waals surface area (Å²) >= 11 is 0. The van der Waals surface area contributed by atoms with Crippen LogP contribution < -0.4 is 10.2 Å². The number of rotatable bonds is 5. The average molecular weight is 323 g/mol. The lowest BCUT2D eigenvalue weighted by Crippen LogP contribution is -2.18. The number of carboxylic acids is 1. The Morgan fingerprint density at radius 1 is 1.17 bits per heavy atom. The largest absolute Gasteiger partial charge is 0.497 e. The number of hydrogen-bond donors (Lipinski definition) is 1. The zero-order valence-corrected chi connectivity index (χ0v) is 13.2. The normalized spacial score (nSPS) is 10.7. The third kappa shape index (κ3) is 3.15. The molecule has 5 nitrogen and oxygen atoms in total. The second kappa shape index (κ2) is 6.58. The Morgan fingerprint density at radius 3 is 2.58 bits per heavy atom. The van der Waals surface area contributed by atoms with Gasteiger partial charge in [0.05, 0.1) is 19.0 Å². The molecule has 1 heterocycles. The van der Waals surface area contributed by atoms with Crippen molar-refractivity contribution in [3.8, 4) is 5.75 Å². The quantitative estimate of drug-likeness (QED) is 0.784. The van der Waals surface area contributed by atoms with Crippen LogP contribution in [-0.4, -0.2) is 22.8 Å². The first kappa shape index (κ1) is 15.8. The molecule has 0 saturated carbocycles. The number of benzene rings is 2. The van der Waals surface area contributed by atoms with E-state index in [1.807, 2.05) is 41.0 Å². The van der Waals surface area contributed by atoms with Gasteiger partial charge in [-0.15, -0.1) is 0 Å². The predicted molar refractivity (Wildman–Crippen MR) is 91.6 cm³/mol. The second-order valence-electron chi connectivity index (χ2n) is 5.55. The number of carboxylic acid groups (broad SMARTS) is 1. The number of aliphatic carboxylic acids is 1. The standard InChI is InChI=1S/C19H17NO4/c1-24-15-7-8-17-16(10-15)19(23)14(9-18(21)22)12-20(17)11-13-5-3-2-4-6-13/h2-8,10,12H,9,11H2,1H3,(H,21,22). The van der Waals surface area contributed by atoms with Crippen molar-refractivity contribution in [1.29, 1.82) is 0 Å². The van der Waals surface area contributed by atoms with Crippen LogP contribution in [0.1, 0.15) is 11.1 Å². The van der Waals surface area contributed by atoms with Crippen molar-refractivity contribution < 1.29 is 14.6 Å². The molecule has 0 unspecified atom stereocenters. The molecule has 122 valence electrons. The number of methoxy groups -OCH3 is 1. The molecule has 24 heavy (non-hydrogen) atoms. The molecule has 0 saturated heterocycles. The molecule has 0 radical (unpaired) electrons. The van der Waals surface area contributed by atoms with Crippen molar-refractivity contribution >= 4 is 16.9 Å². The number of carbonyl (C=O) groups is 1. The third-order valence-corrected chi connectivity index (χ3v) is 3.90. The van der Waals surface area contributed by atoms with Gasteiger partial charge in [-0.1, -0.05) is 30.3 Å². The lowest BCUT2D eigenvalue weighted by Gasteiger charge is -2.14. The van der Waals surface area contributed by atoms with E-state index in [4.69, 9.17) is 9.84 Å². The molecule has 0 fully saturated rings. The molecule has 0 aliphatic heterocycles. The highest BCUT2D eigenvalue weighted by Gasteiger charge is 2.13. The lowest BCUT2D eigenvalue weighted by molar-refractivity contribution is -0.136. The first-order valence-corrected chi connectivity index (χ1v) is 7.54. The first-order chi connectivity index (χ1) is 11.6. The molecule has 2 aromatic carbocycles. The maximum Gasteiger partial charge on any atom is 0.308 e. The maximum absolute atomic E-state index is 12.6. The molecule has 5 heteroatoms. The van der Waals surface area contributed by atoms with Gasteiger partial charge < -0.3 is 14.4 Å². The number of fused-ring (bicyclic) bond motifs is 1. The summed E-state index contributed by atoms with van der Waals surface area (Å²) in [6.45, 7) is 0.552. The highest BCUT2D eigenvalue weighted by atomic mass is 16.5. The molecule has 3 rings (SSSR count). The third-order valence-electron chi connectivity index (χ3n) is 3.90. The second-order valence-corrected chi connectivity index (χ2v) is 5.55. The Kier molecular flexibility index (Phi) is 4.33. The molecule has 0 aliphatic carbocycles. The van der Waals surface area contributed by atoms with E-state index in [1.54, 1.807) is 18.3 Å². The zero-order chi connectivity index (χ0) is 17.1. The summed E-state index contributed by atoms with van der Waals surface area (Å²) in [6.07, 6.45) is 1.33. The smallest absolute Gasteiger partial charge is 0.308 e. The number of aromatic nitrogens is 1. The topological polar surface area (TPSA) is 68.5 Å². The molecular weight excluding hydrogens is 306 g/mol. The van der Waals surface area contributed by atoms with Crippen molar-refractivity contribution in [2.45, 2.75) is 13.0 Å². The molecule has 1 aromatic heterocycles. The van der Waals surface area contributed by atoms with Crippen LogP contribution in [0.5, 0.6) is 5.75 Å². The highest BCUT2D eigenvalue weighted by Crippen LogP contribution is 2.20. The van der Waals surface area contributed by atoms with Gasteiger partial charge in [-0.05, 0) is 23.8 Å². The molecule has 0 bridgehead atoms. The van der Waals surface area contributed by atoms with E-state index in [1.165, 1.54) is 7.11 Å². The Labute approximate surface area is 138 Å². The van der Waals surface area contributed by atoms with E-state index in [2.05, 4.69) is 0 Å². The van der Waals surface area contributed by atoms with Crippen LogP contribution in [-0.2, 0) is 17.8 Å². The van der Waals surface area contributed by atoms with Gasteiger partial charge in [0.1, 0.15) is 5.75 Å². The van der Waals surface area contributed by atoms with Crippen LogP contribution in [0.2, 0.25) is 0 Å². The SMILES string of the molecule is COc1ccc2c(c1)c(=O)c(CC(=O)O)cn2Cc1ccccc1. The van der Waals surface area contributed by atoms with Crippen molar-refractivity contribution in [3.05, 3.63) is 76.1 Å². The molecule has 3 aromatic rings. The summed E-state index contributed by atoms with van der Waals surface area (Å²) in [6, 6.07) is 15.1. The summed E-state index contributed by atoms with van der Waals surface area (Å²) in [7, 11) is 1.53. The van der Waals surface area contributed by atoms with Gasteiger partial charge in [-0.2, -0.15) is 0 Å². The van der Waals surface area contributed by atoms with Crippen LogP contribution in [0.15, 0.2) is 59.5 Å². The van der Waals surface area contributed by atoms with Gasteiger partial charge in [0.25, 0.3) is 0 Å². The summed E-state index contributed by atoms with van der Waals surface area (Å²) in [4.78, 5) is 23.7. The van der Waals surface area contributed by atoms with E-state index in [9.17, 15) is 9.59 Å². The van der Waals surface area contributed by atoms with Crippen LogP contribution in [0, 0.1) is 0 Å². The highest BCUT2D eigenvalue weighted by molar-refractivity contribution is 5.82. The minimum atomic E-state index is -1.03. The summed E-state index contributed by atoms with van der Waals surface area (Å²) in [5, 5.41) is 9.53. The Hall–Kier alpha value is -3.08. The first-order valence-electron chi connectivity index (χ1n) is 7.54. The number of ether oxygens (including phenoxy) is 1. The fraction of sp³-hybridized carbons (Fsp3) is 0.158. The van der Waals surface area contributed by atoms with E-state index in [0.717, 1.165) is 11.1 Å². The van der Waals surface area contributed by atoms with Gasteiger partial charge in [0.2, 0.25) is 0 Å². The van der Waals surface area contributed by atoms with E-state index in [0.29, 0.717) is 17.7 Å². The molecule has 0 amide bonds. The van der Waals surface area contributed by atoms with E-state index in [-0.39, 0.29) is 17.4 Å². The van der Waals surface area contributed by atoms with Crippen molar-refractivity contribution in [3.63, 3.8) is 0 Å². The Bertz CT molecular complexity index is 945. The Balaban J connectivity index is 2.20. The molecule has 1 N–H and O–H groups in total. The number of pyridine rings is 1. The maximum atomic E-state index is 12.6. The van der Waals surface area contributed by atoms with Gasteiger partial charge >= 0.3 is 5.97 Å². The summed E-state index contributed by atoms with van der Waals surface area (Å²) in [5.74, 6) is -0.459. The van der Waals surface area contributed by atoms with Gasteiger partial charge in [0.15, 0.2) is 5.43 Å². The predicted octanol–water partition coefficient (Wildman–Crippen LogP) is 2.69. The average Bonchev–Trinajstić information content (AvgIpc) is 2.59. The monoisotopic (exact) mass is 323 g/mol. The van der Waals surface area contributed by atoms with Gasteiger partial charge in [-0.3, -0.25) is 9.59 Å². The van der Waals surface area contributed by atoms with Crippen molar-refractivity contribution in [2.24, 2.45) is 0 Å². The zero-order valence-electron chi connectivity index (χ0n) is 13.2. The number of nitrogens with zero attached hydrogens (tertiary/aromatic N) is 1. The Morgan fingerprint density at radius 2 is 1.92 bits per heavy atom. The summed E-state index contributed by atoms with van der Waals surface area (Å²) in [5.41, 5.74) is 1.81. The van der Waals surface area contributed by atoms with Crippen LogP contribution in [0.25, 0.3) is 10.9 Å². The van der Waals surface area contributed by atoms with Crippen molar-refractivity contribution in [2.75, 3.05) is 7.11 Å². The molecule has 0 aliphatic rings. The molecule has 0 atom stereocenters. The van der Waals surface area contributed by atoms with Crippen LogP contribution >= 0.6 is 0 Å². The van der Waals surface area contributed by atoms with Crippen LogP contribution in [0.4, 0.5) is 0 Å². The minimum Gasteiger partial charge on any atom is -0.497 e. The molecular formula is C19H17NO4. The fourth-order valence-corrected chi connectivity index (χ4v) is 2.76. The van der Waals surface area contributed by atoms with E-state index < -0.39 is 5.97 Å². The molecule has 0 spiro atoms. The number of hydrogen-bond acceptors (Lipinski definition) is 3. The summed E-state index contributed by atoms with van der Waals surface area (Å²) < 4.78 is 7.10. The lowest BCUT2D eigenvalue weighted by atomic mass is 10.1. The van der Waals surface area contributed by atoms with Gasteiger partial charge in [0, 0.05) is 23.7 Å².